The van der Waals surface area contributed by atoms with Crippen molar-refractivity contribution in [3.8, 4) is 6.07 Å². The summed E-state index contributed by atoms with van der Waals surface area (Å²) in [5.74, 6) is -0.215. The van der Waals surface area contributed by atoms with E-state index in [1.165, 1.54) is 18.3 Å². The van der Waals surface area contributed by atoms with Crippen LogP contribution in [0, 0.1) is 11.3 Å². The Labute approximate surface area is 105 Å². The van der Waals surface area contributed by atoms with E-state index >= 15 is 0 Å². The van der Waals surface area contributed by atoms with E-state index in [1.54, 1.807) is 30.3 Å². The molecule has 5 heteroatoms. The van der Waals surface area contributed by atoms with Gasteiger partial charge in [-0.2, -0.15) is 5.26 Å². The van der Waals surface area contributed by atoms with E-state index in [0.717, 1.165) is 0 Å². The second-order valence-electron chi connectivity index (χ2n) is 3.70. The number of benzene rings is 1. The van der Waals surface area contributed by atoms with Crippen LogP contribution in [0.25, 0.3) is 0 Å². The molecule has 0 aliphatic rings. The number of pyridine rings is 1. The third-order valence-electron chi connectivity index (χ3n) is 2.45. The van der Waals surface area contributed by atoms with Crippen LogP contribution >= 0.6 is 0 Å². The minimum Gasteiger partial charge on any atom is -0.245 e. The van der Waals surface area contributed by atoms with Crippen LogP contribution in [0.1, 0.15) is 11.3 Å². The maximum Gasteiger partial charge on any atom is 0.182 e. The summed E-state index contributed by atoms with van der Waals surface area (Å²) in [6, 6.07) is 13.3. The Morgan fingerprint density at radius 3 is 2.50 bits per heavy atom. The Kier molecular flexibility index (Phi) is 3.40. The van der Waals surface area contributed by atoms with Crippen LogP contribution in [0.2, 0.25) is 0 Å². The van der Waals surface area contributed by atoms with Gasteiger partial charge >= 0.3 is 0 Å². The zero-order valence-electron chi connectivity index (χ0n) is 9.45. The molecular formula is C13H10N2O2S. The molecule has 18 heavy (non-hydrogen) atoms. The van der Waals surface area contributed by atoms with Gasteiger partial charge in [0, 0.05) is 11.8 Å². The molecule has 0 spiro atoms. The molecular weight excluding hydrogens is 248 g/mol. The molecule has 0 aliphatic heterocycles. The lowest BCUT2D eigenvalue weighted by molar-refractivity contribution is 0.595. The second kappa shape index (κ2) is 4.98. The quantitative estimate of drug-likeness (QED) is 0.843. The SMILES string of the molecule is N#Cc1ncccc1CS(=O)(=O)c1ccccc1. The van der Waals surface area contributed by atoms with Crippen molar-refractivity contribution in [3.63, 3.8) is 0 Å². The number of aromatic nitrogens is 1. The molecule has 0 amide bonds. The minimum atomic E-state index is -3.44. The summed E-state index contributed by atoms with van der Waals surface area (Å²) in [7, 11) is -3.44. The molecule has 2 aromatic rings. The molecule has 2 rings (SSSR count). The molecule has 1 aromatic heterocycles. The van der Waals surface area contributed by atoms with Crippen molar-refractivity contribution in [1.29, 1.82) is 5.26 Å². The van der Waals surface area contributed by atoms with Crippen molar-refractivity contribution in [3.05, 3.63) is 59.9 Å². The number of nitrogens with zero attached hydrogens (tertiary/aromatic N) is 2. The molecule has 90 valence electrons. The number of rotatable bonds is 3. The summed E-state index contributed by atoms with van der Waals surface area (Å²) >= 11 is 0. The molecule has 0 aliphatic carbocycles. The summed E-state index contributed by atoms with van der Waals surface area (Å²) in [6.07, 6.45) is 1.47. The maximum absolute atomic E-state index is 12.1. The highest BCUT2D eigenvalue weighted by Crippen LogP contribution is 2.17. The number of nitriles is 1. The van der Waals surface area contributed by atoms with Crippen LogP contribution in [-0.2, 0) is 15.6 Å². The zero-order chi connectivity index (χ0) is 13.0. The molecule has 0 fully saturated rings. The molecule has 0 unspecified atom stereocenters. The molecule has 0 N–H and O–H groups in total. The number of hydrogen-bond donors (Lipinski definition) is 0. The summed E-state index contributed by atoms with van der Waals surface area (Å²) < 4.78 is 24.3. The van der Waals surface area contributed by atoms with Gasteiger partial charge in [-0.3, -0.25) is 0 Å². The monoisotopic (exact) mass is 258 g/mol. The van der Waals surface area contributed by atoms with Crippen LogP contribution in [0.15, 0.2) is 53.6 Å². The minimum absolute atomic E-state index is 0.150. The normalized spacial score (nSPS) is 10.8. The highest BCUT2D eigenvalue weighted by molar-refractivity contribution is 7.90. The van der Waals surface area contributed by atoms with Crippen LogP contribution in [0.3, 0.4) is 0 Å². The van der Waals surface area contributed by atoms with E-state index < -0.39 is 9.84 Å². The fourth-order valence-corrected chi connectivity index (χ4v) is 2.95. The number of sulfone groups is 1. The van der Waals surface area contributed by atoms with Gasteiger partial charge in [-0.1, -0.05) is 24.3 Å². The van der Waals surface area contributed by atoms with E-state index in [1.807, 2.05) is 6.07 Å². The molecule has 0 saturated carbocycles. The van der Waals surface area contributed by atoms with Gasteiger partial charge in [0.05, 0.1) is 10.6 Å². The van der Waals surface area contributed by atoms with E-state index in [2.05, 4.69) is 4.98 Å². The molecule has 4 nitrogen and oxygen atoms in total. The molecule has 0 bridgehead atoms. The molecule has 1 aromatic carbocycles. The summed E-state index contributed by atoms with van der Waals surface area (Å²) in [4.78, 5) is 4.10. The number of hydrogen-bond acceptors (Lipinski definition) is 4. The van der Waals surface area contributed by atoms with Crippen LogP contribution in [-0.4, -0.2) is 13.4 Å². The van der Waals surface area contributed by atoms with Crippen molar-refractivity contribution < 1.29 is 8.42 Å². The predicted octanol–water partition coefficient (Wildman–Crippen LogP) is 1.93. The maximum atomic E-state index is 12.1. The van der Waals surface area contributed by atoms with Crippen LogP contribution in [0.5, 0.6) is 0 Å². The van der Waals surface area contributed by atoms with E-state index in [9.17, 15) is 8.42 Å². The smallest absolute Gasteiger partial charge is 0.182 e. The Bertz CT molecular complexity index is 688. The van der Waals surface area contributed by atoms with Crippen molar-refractivity contribution >= 4 is 9.84 Å². The fraction of sp³-hybridized carbons (Fsp3) is 0.0769. The van der Waals surface area contributed by atoms with E-state index in [-0.39, 0.29) is 16.3 Å². The standard InChI is InChI=1S/C13H10N2O2S/c14-9-13-11(5-4-8-15-13)10-18(16,17)12-6-2-1-3-7-12/h1-8H,10H2. The molecule has 1 heterocycles. The first-order valence-electron chi connectivity index (χ1n) is 5.25. The van der Waals surface area contributed by atoms with Crippen molar-refractivity contribution in [2.24, 2.45) is 0 Å². The third kappa shape index (κ3) is 2.55. The third-order valence-corrected chi connectivity index (χ3v) is 4.13. The van der Waals surface area contributed by atoms with Gasteiger partial charge in [0.15, 0.2) is 9.84 Å². The second-order valence-corrected chi connectivity index (χ2v) is 5.68. The predicted molar refractivity (Wildman–Crippen MR) is 66.3 cm³/mol. The Morgan fingerprint density at radius 2 is 1.83 bits per heavy atom. The van der Waals surface area contributed by atoms with Crippen molar-refractivity contribution in [2.45, 2.75) is 10.6 Å². The summed E-state index contributed by atoms with van der Waals surface area (Å²) in [5, 5.41) is 8.88. The van der Waals surface area contributed by atoms with Gasteiger partial charge in [-0.05, 0) is 18.2 Å². The van der Waals surface area contributed by atoms with Crippen molar-refractivity contribution in [2.75, 3.05) is 0 Å². The van der Waals surface area contributed by atoms with Gasteiger partial charge < -0.3 is 0 Å². The van der Waals surface area contributed by atoms with Gasteiger partial charge in [-0.25, -0.2) is 13.4 Å². The van der Waals surface area contributed by atoms with Gasteiger partial charge in [-0.15, -0.1) is 0 Å². The Morgan fingerprint density at radius 1 is 1.11 bits per heavy atom. The first-order valence-corrected chi connectivity index (χ1v) is 6.90. The lowest BCUT2D eigenvalue weighted by atomic mass is 10.2. The molecule has 0 radical (unpaired) electrons. The van der Waals surface area contributed by atoms with E-state index in [4.69, 9.17) is 5.26 Å². The topological polar surface area (TPSA) is 70.8 Å². The Balaban J connectivity index is 2.38. The zero-order valence-corrected chi connectivity index (χ0v) is 10.3. The average Bonchev–Trinajstić information content (AvgIpc) is 2.40. The van der Waals surface area contributed by atoms with Crippen LogP contribution in [0.4, 0.5) is 0 Å². The van der Waals surface area contributed by atoms with Crippen LogP contribution < -0.4 is 0 Å². The van der Waals surface area contributed by atoms with Crippen molar-refractivity contribution in [1.82, 2.24) is 4.98 Å². The summed E-state index contributed by atoms with van der Waals surface area (Å²) in [5.41, 5.74) is 0.570. The lowest BCUT2D eigenvalue weighted by Gasteiger charge is -2.05. The molecule has 0 saturated heterocycles. The fourth-order valence-electron chi connectivity index (χ4n) is 1.57. The first-order chi connectivity index (χ1) is 8.63. The highest BCUT2D eigenvalue weighted by atomic mass is 32.2. The highest BCUT2D eigenvalue weighted by Gasteiger charge is 2.17. The van der Waals surface area contributed by atoms with E-state index in [0.29, 0.717) is 5.56 Å². The average molecular weight is 258 g/mol. The lowest BCUT2D eigenvalue weighted by Crippen LogP contribution is -2.06. The first kappa shape index (κ1) is 12.3. The largest absolute Gasteiger partial charge is 0.245 e. The van der Waals surface area contributed by atoms with Gasteiger partial charge in [0.1, 0.15) is 11.8 Å². The van der Waals surface area contributed by atoms with Gasteiger partial charge in [0.2, 0.25) is 0 Å². The Hall–Kier alpha value is -2.19. The summed E-state index contributed by atoms with van der Waals surface area (Å²) in [6.45, 7) is 0. The molecule has 0 atom stereocenters. The van der Waals surface area contributed by atoms with Gasteiger partial charge in [0.25, 0.3) is 0 Å².